The van der Waals surface area contributed by atoms with Gasteiger partial charge in [0.2, 0.25) is 0 Å². The fourth-order valence-electron chi connectivity index (χ4n) is 2.48. The quantitative estimate of drug-likeness (QED) is 0.410. The molecule has 3 aromatic carbocycles. The number of hydrogen-bond donors (Lipinski definition) is 0. The molecule has 0 aliphatic heterocycles. The number of carbonyl (C=O) groups is 1. The van der Waals surface area contributed by atoms with E-state index in [1.807, 2.05) is 30.3 Å². The second-order valence-electron chi connectivity index (χ2n) is 5.83. The number of benzene rings is 3. The molecule has 3 heteroatoms. The average molecular weight is 458 g/mol. The summed E-state index contributed by atoms with van der Waals surface area (Å²) < 4.78 is 2.74. The zero-order chi connectivity index (χ0) is 17.6. The standard InChI is InChI=1S/C22H20OSe2/c1-16-10-6-8-14-19(16)24-22(21(23)18-12-4-3-5-13-18)25-20-15-9-7-11-17(20)2/h3-15,22H,1-2H3. The second-order valence-corrected chi connectivity index (χ2v) is 12.2. The number of rotatable bonds is 6. The van der Waals surface area contributed by atoms with Gasteiger partial charge in [-0.25, -0.2) is 0 Å². The predicted molar refractivity (Wildman–Crippen MR) is 108 cm³/mol. The van der Waals surface area contributed by atoms with Crippen molar-refractivity contribution < 1.29 is 4.79 Å². The van der Waals surface area contributed by atoms with E-state index in [9.17, 15) is 4.79 Å². The van der Waals surface area contributed by atoms with Gasteiger partial charge < -0.3 is 0 Å². The molecule has 3 aromatic rings. The Labute approximate surface area is 162 Å². The third-order valence-electron chi connectivity index (χ3n) is 3.93. The first-order valence-corrected chi connectivity index (χ1v) is 11.9. The zero-order valence-corrected chi connectivity index (χ0v) is 17.7. The van der Waals surface area contributed by atoms with Gasteiger partial charge in [-0.1, -0.05) is 0 Å². The van der Waals surface area contributed by atoms with Gasteiger partial charge in [-0.2, -0.15) is 0 Å². The first kappa shape index (κ1) is 18.2. The third kappa shape index (κ3) is 4.71. The minimum atomic E-state index is 0.0737. The Hall–Kier alpha value is -1.63. The maximum absolute atomic E-state index is 13.2. The average Bonchev–Trinajstić information content (AvgIpc) is 2.65. The molecule has 0 amide bonds. The van der Waals surface area contributed by atoms with Crippen LogP contribution in [0.4, 0.5) is 0 Å². The van der Waals surface area contributed by atoms with Gasteiger partial charge in [-0.3, -0.25) is 0 Å². The van der Waals surface area contributed by atoms with E-state index in [0.29, 0.717) is 0 Å². The van der Waals surface area contributed by atoms with Crippen LogP contribution in [-0.4, -0.2) is 35.7 Å². The normalized spacial score (nSPS) is 10.8. The molecule has 0 aromatic heterocycles. The van der Waals surface area contributed by atoms with E-state index in [2.05, 4.69) is 62.4 Å². The van der Waals surface area contributed by atoms with Crippen molar-refractivity contribution in [2.24, 2.45) is 0 Å². The van der Waals surface area contributed by atoms with Gasteiger partial charge in [0.05, 0.1) is 0 Å². The first-order chi connectivity index (χ1) is 12.1. The molecule has 3 rings (SSSR count). The van der Waals surface area contributed by atoms with Crippen LogP contribution in [0, 0.1) is 13.8 Å². The molecule has 0 spiro atoms. The van der Waals surface area contributed by atoms with Crippen LogP contribution in [0.25, 0.3) is 0 Å². The summed E-state index contributed by atoms with van der Waals surface area (Å²) in [5.41, 5.74) is 3.40. The fraction of sp³-hybridized carbons (Fsp3) is 0.136. The van der Waals surface area contributed by atoms with Crippen LogP contribution < -0.4 is 8.92 Å². The van der Waals surface area contributed by atoms with E-state index in [-0.39, 0.29) is 39.4 Å². The summed E-state index contributed by atoms with van der Waals surface area (Å²) in [6, 6.07) is 26.7. The van der Waals surface area contributed by atoms with Crippen LogP contribution >= 0.6 is 0 Å². The fourth-order valence-corrected chi connectivity index (χ4v) is 9.08. The third-order valence-corrected chi connectivity index (χ3v) is 10.8. The van der Waals surface area contributed by atoms with E-state index in [0.717, 1.165) is 5.56 Å². The van der Waals surface area contributed by atoms with Gasteiger partial charge in [0.15, 0.2) is 0 Å². The van der Waals surface area contributed by atoms with E-state index in [1.54, 1.807) is 0 Å². The van der Waals surface area contributed by atoms with Crippen LogP contribution in [0.5, 0.6) is 0 Å². The summed E-state index contributed by atoms with van der Waals surface area (Å²) in [6.07, 6.45) is 0. The van der Waals surface area contributed by atoms with Crippen molar-refractivity contribution in [2.45, 2.75) is 17.6 Å². The molecule has 0 fully saturated rings. The SMILES string of the molecule is Cc1ccccc1[Se]C([Se]c1ccccc1C)C(=O)c1ccccc1. The number of carbonyl (C=O) groups excluding carboxylic acids is 1. The molecular formula is C22H20OSe2. The molecule has 126 valence electrons. The second kappa shape index (κ2) is 8.65. The number of aryl methyl sites for hydroxylation is 2. The summed E-state index contributed by atoms with van der Waals surface area (Å²) in [5, 5.41) is 0. The molecule has 0 heterocycles. The zero-order valence-electron chi connectivity index (χ0n) is 14.3. The van der Waals surface area contributed by atoms with Crippen LogP contribution in [-0.2, 0) is 0 Å². The number of Topliss-reactive ketones (excluding diaryl/α,β-unsaturated/α-hetero) is 1. The van der Waals surface area contributed by atoms with Crippen molar-refractivity contribution in [3.63, 3.8) is 0 Å². The molecule has 0 atom stereocenters. The van der Waals surface area contributed by atoms with Crippen LogP contribution in [0.3, 0.4) is 0 Å². The molecule has 25 heavy (non-hydrogen) atoms. The van der Waals surface area contributed by atoms with Gasteiger partial charge in [0.25, 0.3) is 0 Å². The summed E-state index contributed by atoms with van der Waals surface area (Å²) in [7, 11) is 0. The van der Waals surface area contributed by atoms with Gasteiger partial charge in [-0.15, -0.1) is 0 Å². The monoisotopic (exact) mass is 460 g/mol. The molecule has 0 aliphatic rings. The van der Waals surface area contributed by atoms with Gasteiger partial charge in [0.1, 0.15) is 0 Å². The van der Waals surface area contributed by atoms with Crippen molar-refractivity contribution in [3.05, 3.63) is 95.6 Å². The molecule has 0 saturated carbocycles. The Morgan fingerprint density at radius 3 is 1.60 bits per heavy atom. The van der Waals surface area contributed by atoms with Gasteiger partial charge in [-0.05, 0) is 0 Å². The predicted octanol–water partition coefficient (Wildman–Crippen LogP) is 3.29. The molecule has 0 saturated heterocycles. The molecular weight excluding hydrogens is 438 g/mol. The van der Waals surface area contributed by atoms with Crippen molar-refractivity contribution in [1.29, 1.82) is 0 Å². The van der Waals surface area contributed by atoms with Crippen molar-refractivity contribution >= 4 is 44.6 Å². The summed E-state index contributed by atoms with van der Waals surface area (Å²) in [4.78, 5) is 13.2. The summed E-state index contributed by atoms with van der Waals surface area (Å²) in [5.74, 6) is 0.284. The van der Waals surface area contributed by atoms with Gasteiger partial charge in [0, 0.05) is 0 Å². The number of hydrogen-bond acceptors (Lipinski definition) is 1. The van der Waals surface area contributed by atoms with Gasteiger partial charge >= 0.3 is 163 Å². The summed E-state index contributed by atoms with van der Waals surface area (Å²) >= 11 is 0.251. The van der Waals surface area contributed by atoms with Crippen molar-refractivity contribution in [1.82, 2.24) is 0 Å². The topological polar surface area (TPSA) is 17.1 Å². The Bertz CT molecular complexity index is 811. The Kier molecular flexibility index (Phi) is 6.28. The van der Waals surface area contributed by atoms with E-state index in [1.165, 1.54) is 20.1 Å². The Balaban J connectivity index is 1.92. The van der Waals surface area contributed by atoms with E-state index >= 15 is 0 Å². The molecule has 0 radical (unpaired) electrons. The summed E-state index contributed by atoms with van der Waals surface area (Å²) in [6.45, 7) is 4.28. The van der Waals surface area contributed by atoms with Crippen molar-refractivity contribution in [3.8, 4) is 0 Å². The van der Waals surface area contributed by atoms with Crippen LogP contribution in [0.2, 0.25) is 3.71 Å². The molecule has 1 nitrogen and oxygen atoms in total. The minimum absolute atomic E-state index is 0.0737. The first-order valence-electron chi connectivity index (χ1n) is 8.19. The molecule has 0 unspecified atom stereocenters. The Morgan fingerprint density at radius 2 is 1.12 bits per heavy atom. The van der Waals surface area contributed by atoms with Crippen LogP contribution in [0.15, 0.2) is 78.9 Å². The number of ketones is 1. The van der Waals surface area contributed by atoms with Crippen molar-refractivity contribution in [2.75, 3.05) is 0 Å². The van der Waals surface area contributed by atoms with E-state index < -0.39 is 0 Å². The Morgan fingerprint density at radius 1 is 0.680 bits per heavy atom. The molecule has 0 N–H and O–H groups in total. The van der Waals surface area contributed by atoms with Crippen LogP contribution in [0.1, 0.15) is 21.5 Å². The molecule has 0 bridgehead atoms. The van der Waals surface area contributed by atoms with E-state index in [4.69, 9.17) is 0 Å². The molecule has 0 aliphatic carbocycles. The maximum atomic E-state index is 13.2.